The van der Waals surface area contributed by atoms with Gasteiger partial charge in [-0.25, -0.2) is 4.98 Å². The van der Waals surface area contributed by atoms with Crippen LogP contribution < -0.4 is 5.43 Å². The van der Waals surface area contributed by atoms with E-state index < -0.39 is 0 Å². The molecule has 3 aromatic rings. The van der Waals surface area contributed by atoms with E-state index in [4.69, 9.17) is 9.15 Å². The first-order valence-corrected chi connectivity index (χ1v) is 7.28. The van der Waals surface area contributed by atoms with Gasteiger partial charge < -0.3 is 9.15 Å². The number of rotatable bonds is 4. The summed E-state index contributed by atoms with van der Waals surface area (Å²) in [6, 6.07) is 6.75. The highest BCUT2D eigenvalue weighted by Gasteiger charge is 2.15. The summed E-state index contributed by atoms with van der Waals surface area (Å²) in [7, 11) is 0. The molecule has 5 nitrogen and oxygen atoms in total. The third-order valence-electron chi connectivity index (χ3n) is 3.39. The number of ether oxygens (including phenoxy) is 1. The number of hydrogen-bond donors (Lipinski definition) is 0. The van der Waals surface area contributed by atoms with E-state index in [1.54, 1.807) is 30.6 Å². The van der Waals surface area contributed by atoms with Gasteiger partial charge in [-0.05, 0) is 32.0 Å². The number of pyridine rings is 2. The van der Waals surface area contributed by atoms with Gasteiger partial charge in [-0.2, -0.15) is 0 Å². The molecule has 0 spiro atoms. The van der Waals surface area contributed by atoms with Crippen LogP contribution in [0.1, 0.15) is 18.3 Å². The molecule has 0 aliphatic heterocycles. The standard InChI is InChI=1S/C18H16N2O3/c1-4-22-12(3)17-18-14(9-11(2)20-17)15(21)10-16(23-18)13-5-7-19-8-6-13/h5-10H,3-4H2,1-2H3. The van der Waals surface area contributed by atoms with Crippen LogP contribution in [0.2, 0.25) is 0 Å². The first-order chi connectivity index (χ1) is 11.1. The zero-order valence-electron chi connectivity index (χ0n) is 13.0. The zero-order valence-corrected chi connectivity index (χ0v) is 13.0. The molecule has 0 radical (unpaired) electrons. The third-order valence-corrected chi connectivity index (χ3v) is 3.39. The van der Waals surface area contributed by atoms with Gasteiger partial charge in [-0.1, -0.05) is 6.58 Å². The summed E-state index contributed by atoms with van der Waals surface area (Å²) < 4.78 is 11.4. The van der Waals surface area contributed by atoms with Crippen LogP contribution in [-0.4, -0.2) is 16.6 Å². The molecule has 23 heavy (non-hydrogen) atoms. The molecule has 0 unspecified atom stereocenters. The van der Waals surface area contributed by atoms with Crippen molar-refractivity contribution in [2.75, 3.05) is 6.61 Å². The van der Waals surface area contributed by atoms with Crippen molar-refractivity contribution in [1.29, 1.82) is 0 Å². The molecule has 0 bridgehead atoms. The number of aryl methyl sites for hydroxylation is 1. The molecule has 0 saturated heterocycles. The van der Waals surface area contributed by atoms with Crippen molar-refractivity contribution in [1.82, 2.24) is 9.97 Å². The van der Waals surface area contributed by atoms with Crippen molar-refractivity contribution < 1.29 is 9.15 Å². The van der Waals surface area contributed by atoms with Gasteiger partial charge >= 0.3 is 0 Å². The third kappa shape index (κ3) is 2.85. The van der Waals surface area contributed by atoms with E-state index in [2.05, 4.69) is 16.5 Å². The fourth-order valence-electron chi connectivity index (χ4n) is 2.37. The van der Waals surface area contributed by atoms with Crippen LogP contribution in [0.25, 0.3) is 28.1 Å². The highest BCUT2D eigenvalue weighted by atomic mass is 16.5. The summed E-state index contributed by atoms with van der Waals surface area (Å²) in [5.74, 6) is 0.845. The smallest absolute Gasteiger partial charge is 0.193 e. The van der Waals surface area contributed by atoms with Crippen LogP contribution in [0.4, 0.5) is 0 Å². The lowest BCUT2D eigenvalue weighted by molar-refractivity contribution is 0.297. The van der Waals surface area contributed by atoms with Gasteiger partial charge in [0, 0.05) is 29.7 Å². The monoisotopic (exact) mass is 308 g/mol. The number of hydrogen-bond acceptors (Lipinski definition) is 5. The molecule has 0 aliphatic rings. The van der Waals surface area contributed by atoms with Gasteiger partial charge in [-0.15, -0.1) is 0 Å². The van der Waals surface area contributed by atoms with E-state index in [9.17, 15) is 4.79 Å². The molecule has 3 heterocycles. The lowest BCUT2D eigenvalue weighted by Crippen LogP contribution is -2.05. The lowest BCUT2D eigenvalue weighted by Gasteiger charge is -2.10. The Balaban J connectivity index is 2.30. The Morgan fingerprint density at radius 1 is 1.30 bits per heavy atom. The van der Waals surface area contributed by atoms with Crippen LogP contribution in [0, 0.1) is 6.92 Å². The Morgan fingerprint density at radius 2 is 2.04 bits per heavy atom. The zero-order chi connectivity index (χ0) is 16.4. The summed E-state index contributed by atoms with van der Waals surface area (Å²) in [6.07, 6.45) is 3.29. The Morgan fingerprint density at radius 3 is 2.74 bits per heavy atom. The summed E-state index contributed by atoms with van der Waals surface area (Å²) in [6.45, 7) is 8.02. The van der Waals surface area contributed by atoms with E-state index in [0.717, 1.165) is 5.56 Å². The summed E-state index contributed by atoms with van der Waals surface area (Å²) in [4.78, 5) is 20.9. The van der Waals surface area contributed by atoms with Crippen LogP contribution >= 0.6 is 0 Å². The van der Waals surface area contributed by atoms with E-state index in [1.807, 2.05) is 13.8 Å². The van der Waals surface area contributed by atoms with Crippen LogP contribution in [0.15, 0.2) is 52.4 Å². The van der Waals surface area contributed by atoms with Gasteiger partial charge in [0.15, 0.2) is 11.0 Å². The average Bonchev–Trinajstić information content (AvgIpc) is 2.55. The average molecular weight is 308 g/mol. The second-order valence-corrected chi connectivity index (χ2v) is 5.06. The molecular formula is C18H16N2O3. The van der Waals surface area contributed by atoms with E-state index in [-0.39, 0.29) is 5.43 Å². The molecule has 0 amide bonds. The highest BCUT2D eigenvalue weighted by molar-refractivity contribution is 5.87. The molecule has 3 aromatic heterocycles. The van der Waals surface area contributed by atoms with Gasteiger partial charge in [0.05, 0.1) is 12.0 Å². The second kappa shape index (κ2) is 6.04. The van der Waals surface area contributed by atoms with Gasteiger partial charge in [-0.3, -0.25) is 9.78 Å². The van der Waals surface area contributed by atoms with Crippen molar-refractivity contribution >= 4 is 16.7 Å². The van der Waals surface area contributed by atoms with Gasteiger partial charge in [0.2, 0.25) is 0 Å². The molecule has 3 rings (SSSR count). The second-order valence-electron chi connectivity index (χ2n) is 5.06. The molecule has 0 fully saturated rings. The van der Waals surface area contributed by atoms with Crippen molar-refractivity contribution in [3.05, 3.63) is 64.8 Å². The maximum Gasteiger partial charge on any atom is 0.193 e. The normalized spacial score (nSPS) is 10.7. The van der Waals surface area contributed by atoms with Crippen LogP contribution in [-0.2, 0) is 4.74 Å². The molecule has 5 heteroatoms. The van der Waals surface area contributed by atoms with Crippen LogP contribution in [0.5, 0.6) is 0 Å². The molecule has 0 atom stereocenters. The van der Waals surface area contributed by atoms with Crippen LogP contribution in [0.3, 0.4) is 0 Å². The first kappa shape index (κ1) is 15.0. The van der Waals surface area contributed by atoms with E-state index >= 15 is 0 Å². The maximum atomic E-state index is 12.5. The Hall–Kier alpha value is -2.95. The predicted octanol–water partition coefficient (Wildman–Crippen LogP) is 3.57. The van der Waals surface area contributed by atoms with Crippen molar-refractivity contribution in [2.24, 2.45) is 0 Å². The molecule has 0 aliphatic carbocycles. The lowest BCUT2D eigenvalue weighted by atomic mass is 10.1. The van der Waals surface area contributed by atoms with Crippen molar-refractivity contribution in [3.63, 3.8) is 0 Å². The van der Waals surface area contributed by atoms with Gasteiger partial charge in [0.1, 0.15) is 17.2 Å². The largest absolute Gasteiger partial charge is 0.492 e. The minimum Gasteiger partial charge on any atom is -0.492 e. The molecular weight excluding hydrogens is 292 g/mol. The summed E-state index contributed by atoms with van der Waals surface area (Å²) in [5, 5.41) is 0.464. The fourth-order valence-corrected chi connectivity index (χ4v) is 2.37. The quantitative estimate of drug-likeness (QED) is 0.689. The molecule has 0 aromatic carbocycles. The molecule has 0 N–H and O–H groups in total. The van der Waals surface area contributed by atoms with E-state index in [0.29, 0.717) is 40.5 Å². The maximum absolute atomic E-state index is 12.5. The van der Waals surface area contributed by atoms with Crippen molar-refractivity contribution in [2.45, 2.75) is 13.8 Å². The minimum atomic E-state index is -0.130. The fraction of sp³-hybridized carbons (Fsp3) is 0.167. The highest BCUT2D eigenvalue weighted by Crippen LogP contribution is 2.27. The molecule has 116 valence electrons. The predicted molar refractivity (Wildman–Crippen MR) is 88.9 cm³/mol. The number of aromatic nitrogens is 2. The Bertz CT molecular complexity index is 930. The topological polar surface area (TPSA) is 65.2 Å². The summed E-state index contributed by atoms with van der Waals surface area (Å²) >= 11 is 0. The van der Waals surface area contributed by atoms with Crippen molar-refractivity contribution in [3.8, 4) is 11.3 Å². The van der Waals surface area contributed by atoms with Gasteiger partial charge in [0.25, 0.3) is 0 Å². The Labute approximate surface area is 133 Å². The molecule has 0 saturated carbocycles. The first-order valence-electron chi connectivity index (χ1n) is 7.28. The van der Waals surface area contributed by atoms with E-state index in [1.165, 1.54) is 6.07 Å². The Kier molecular flexibility index (Phi) is 3.93. The minimum absolute atomic E-state index is 0.130. The SMILES string of the molecule is C=C(OCC)c1nc(C)cc2c(=O)cc(-c3ccncc3)oc12. The summed E-state index contributed by atoms with van der Waals surface area (Å²) in [5.41, 5.74) is 2.18. The number of fused-ring (bicyclic) bond motifs is 1. The number of nitrogens with zero attached hydrogens (tertiary/aromatic N) is 2.